The molecule has 1 radical (unpaired) electrons. The van der Waals surface area contributed by atoms with Crippen molar-refractivity contribution < 1.29 is 19.4 Å². The number of fused-ring (bicyclic) bond motifs is 2. The van der Waals surface area contributed by atoms with E-state index in [2.05, 4.69) is 9.97 Å². The smallest absolute Gasteiger partial charge is 0.310 e. The van der Waals surface area contributed by atoms with Crippen molar-refractivity contribution in [2.45, 2.75) is 33.0 Å². The fourth-order valence-electron chi connectivity index (χ4n) is 5.35. The first-order valence-electron chi connectivity index (χ1n) is 14.2. The van der Waals surface area contributed by atoms with Crippen molar-refractivity contribution >= 4 is 57.3 Å². The van der Waals surface area contributed by atoms with E-state index in [0.717, 1.165) is 44.3 Å². The number of hydrogen-bond acceptors (Lipinski definition) is 5. The van der Waals surface area contributed by atoms with Crippen molar-refractivity contribution in [2.75, 3.05) is 0 Å². The van der Waals surface area contributed by atoms with Gasteiger partial charge in [0.15, 0.2) is 0 Å². The monoisotopic (exact) mass is 591 g/mol. The van der Waals surface area contributed by atoms with Gasteiger partial charge in [-0.15, -0.1) is 0 Å². The Labute approximate surface area is 279 Å². The standard InChI is InChI=1S/C37H32N2O4.Na/c1-37(2,36(40)41)35(27-13-19-31(20-14-27)42-23-29-17-11-25-7-3-5-9-33(25)38-29)28-15-21-32(22-16-28)43-24-30-18-12-26-8-4-6-10-34(26)39-30;/h3-22,35H,23-24H2,1-2H3,(H,40,41);. The molecule has 0 aliphatic heterocycles. The largest absolute Gasteiger partial charge is 0.487 e. The number of rotatable bonds is 10. The van der Waals surface area contributed by atoms with Crippen LogP contribution in [-0.4, -0.2) is 50.6 Å². The predicted molar refractivity (Wildman–Crippen MR) is 174 cm³/mol. The van der Waals surface area contributed by atoms with Crippen LogP contribution in [0.5, 0.6) is 11.5 Å². The predicted octanol–water partition coefficient (Wildman–Crippen LogP) is 7.80. The first-order valence-corrected chi connectivity index (χ1v) is 14.2. The molecular weight excluding hydrogens is 559 g/mol. The molecule has 2 heterocycles. The number of ether oxygens (including phenoxy) is 2. The molecule has 0 saturated carbocycles. The maximum atomic E-state index is 12.4. The van der Waals surface area contributed by atoms with Crippen molar-refractivity contribution in [1.29, 1.82) is 0 Å². The third-order valence-electron chi connectivity index (χ3n) is 7.79. The van der Waals surface area contributed by atoms with Gasteiger partial charge in [-0.3, -0.25) is 4.79 Å². The first-order chi connectivity index (χ1) is 20.9. The van der Waals surface area contributed by atoms with Crippen LogP contribution in [0.4, 0.5) is 0 Å². The summed E-state index contributed by atoms with van der Waals surface area (Å²) in [6.45, 7) is 4.19. The molecular formula is C37H32N2NaO4. The number of hydrogen-bond donors (Lipinski definition) is 1. The van der Waals surface area contributed by atoms with Crippen LogP contribution in [0, 0.1) is 5.41 Å². The first kappa shape index (κ1) is 31.2. The van der Waals surface area contributed by atoms with E-state index in [0.29, 0.717) is 24.7 Å². The van der Waals surface area contributed by atoms with Crippen LogP contribution in [0.2, 0.25) is 0 Å². The molecule has 4 aromatic carbocycles. The minimum Gasteiger partial charge on any atom is -0.487 e. The van der Waals surface area contributed by atoms with E-state index < -0.39 is 17.3 Å². The molecule has 0 spiro atoms. The molecule has 0 unspecified atom stereocenters. The van der Waals surface area contributed by atoms with Gasteiger partial charge in [0.1, 0.15) is 24.7 Å². The van der Waals surface area contributed by atoms with E-state index in [9.17, 15) is 9.90 Å². The van der Waals surface area contributed by atoms with E-state index in [4.69, 9.17) is 9.47 Å². The van der Waals surface area contributed by atoms with Gasteiger partial charge in [0.25, 0.3) is 0 Å². The fraction of sp³-hybridized carbons (Fsp3) is 0.162. The van der Waals surface area contributed by atoms with Crippen LogP contribution in [0.1, 0.15) is 42.3 Å². The van der Waals surface area contributed by atoms with Crippen LogP contribution < -0.4 is 9.47 Å². The molecule has 0 aliphatic carbocycles. The van der Waals surface area contributed by atoms with Crippen LogP contribution >= 0.6 is 0 Å². The molecule has 0 saturated heterocycles. The molecule has 0 atom stereocenters. The molecule has 6 rings (SSSR count). The number of pyridine rings is 2. The summed E-state index contributed by atoms with van der Waals surface area (Å²) in [5.74, 6) is 0.119. The summed E-state index contributed by atoms with van der Waals surface area (Å²) in [5, 5.41) is 12.3. The fourth-order valence-corrected chi connectivity index (χ4v) is 5.35. The molecule has 44 heavy (non-hydrogen) atoms. The Bertz CT molecular complexity index is 1760. The summed E-state index contributed by atoms with van der Waals surface area (Å²) in [4.78, 5) is 21.7. The van der Waals surface area contributed by atoms with Gasteiger partial charge in [0.2, 0.25) is 0 Å². The number of benzene rings is 4. The zero-order valence-electron chi connectivity index (χ0n) is 25.1. The van der Waals surface area contributed by atoms with Crippen LogP contribution in [0.3, 0.4) is 0 Å². The van der Waals surface area contributed by atoms with Gasteiger partial charge >= 0.3 is 5.97 Å². The van der Waals surface area contributed by atoms with Crippen LogP contribution in [-0.2, 0) is 18.0 Å². The molecule has 2 aromatic heterocycles. The second-order valence-electron chi connectivity index (χ2n) is 11.2. The van der Waals surface area contributed by atoms with Gasteiger partial charge in [-0.25, -0.2) is 9.97 Å². The SMILES string of the molecule is CC(C)(C(=O)O)C(c1ccc(OCc2ccc3ccccc3n2)cc1)c1ccc(OCc2ccc3ccccc3n2)cc1.[Na]. The third-order valence-corrected chi connectivity index (χ3v) is 7.79. The summed E-state index contributed by atoms with van der Waals surface area (Å²) in [5.41, 5.74) is 4.25. The molecule has 6 aromatic rings. The number of aromatic nitrogens is 2. The van der Waals surface area contributed by atoms with Crippen molar-refractivity contribution in [3.05, 3.63) is 144 Å². The van der Waals surface area contributed by atoms with E-state index in [1.807, 2.05) is 121 Å². The maximum absolute atomic E-state index is 12.4. The van der Waals surface area contributed by atoms with E-state index in [1.54, 1.807) is 13.8 Å². The van der Waals surface area contributed by atoms with Gasteiger partial charge < -0.3 is 14.6 Å². The summed E-state index contributed by atoms with van der Waals surface area (Å²) in [6.07, 6.45) is 0. The van der Waals surface area contributed by atoms with E-state index in [1.165, 1.54) is 0 Å². The number of carboxylic acid groups (broad SMARTS) is 1. The second-order valence-corrected chi connectivity index (χ2v) is 11.2. The summed E-state index contributed by atoms with van der Waals surface area (Å²) < 4.78 is 12.0. The topological polar surface area (TPSA) is 81.5 Å². The van der Waals surface area contributed by atoms with Gasteiger partial charge in [0, 0.05) is 46.2 Å². The van der Waals surface area contributed by atoms with Crippen LogP contribution in [0.15, 0.2) is 121 Å². The molecule has 215 valence electrons. The number of carboxylic acids is 1. The number of carbonyl (C=O) groups is 1. The number of aliphatic carboxylic acids is 1. The quantitative estimate of drug-likeness (QED) is 0.164. The van der Waals surface area contributed by atoms with Crippen LogP contribution in [0.25, 0.3) is 21.8 Å². The Balaban J connectivity index is 0.00000384. The average molecular weight is 592 g/mol. The van der Waals surface area contributed by atoms with Gasteiger partial charge in [0.05, 0.1) is 27.8 Å². The molecule has 7 heteroatoms. The summed E-state index contributed by atoms with van der Waals surface area (Å²) in [6, 6.07) is 39.3. The van der Waals surface area contributed by atoms with E-state index >= 15 is 0 Å². The van der Waals surface area contributed by atoms with Crippen molar-refractivity contribution in [3.8, 4) is 11.5 Å². The van der Waals surface area contributed by atoms with Crippen molar-refractivity contribution in [2.24, 2.45) is 5.41 Å². The Hall–Kier alpha value is -4.23. The minimum atomic E-state index is -1.06. The Morgan fingerprint density at radius 3 is 1.45 bits per heavy atom. The van der Waals surface area contributed by atoms with Gasteiger partial charge in [-0.05, 0) is 73.5 Å². The minimum absolute atomic E-state index is 0. The van der Waals surface area contributed by atoms with Gasteiger partial charge in [-0.1, -0.05) is 72.8 Å². The third kappa shape index (κ3) is 6.94. The normalized spacial score (nSPS) is 11.3. The molecule has 1 N–H and O–H groups in total. The van der Waals surface area contributed by atoms with Crippen molar-refractivity contribution in [3.63, 3.8) is 0 Å². The van der Waals surface area contributed by atoms with Crippen molar-refractivity contribution in [1.82, 2.24) is 9.97 Å². The number of nitrogens with zero attached hydrogens (tertiary/aromatic N) is 2. The second kappa shape index (κ2) is 13.6. The zero-order valence-corrected chi connectivity index (χ0v) is 27.1. The van der Waals surface area contributed by atoms with Gasteiger partial charge in [-0.2, -0.15) is 0 Å². The van der Waals surface area contributed by atoms with E-state index in [-0.39, 0.29) is 29.6 Å². The zero-order chi connectivity index (χ0) is 29.8. The summed E-state index contributed by atoms with van der Waals surface area (Å²) >= 11 is 0. The number of para-hydroxylation sites is 2. The molecule has 0 bridgehead atoms. The molecule has 0 fully saturated rings. The average Bonchev–Trinajstić information content (AvgIpc) is 3.04. The Kier molecular flexibility index (Phi) is 9.64. The molecule has 0 aliphatic rings. The molecule has 0 amide bonds. The summed E-state index contributed by atoms with van der Waals surface area (Å²) in [7, 11) is 0. The molecule has 6 nitrogen and oxygen atoms in total. The Morgan fingerprint density at radius 2 is 1.05 bits per heavy atom. The Morgan fingerprint density at radius 1 is 0.636 bits per heavy atom. The maximum Gasteiger partial charge on any atom is 0.310 e.